The Morgan fingerprint density at radius 2 is 1.88 bits per heavy atom. The molecule has 5 atom stereocenters. The van der Waals surface area contributed by atoms with Gasteiger partial charge in [-0.25, -0.2) is 0 Å². The highest BCUT2D eigenvalue weighted by molar-refractivity contribution is 5.83. The SMILES string of the molecule is CCCCCC(C(=O)CCc1ccc(O)c(OC2CC#CC(O)c3ccc(C(N)N)cc3Cc3c[nH]c4cn2cc34)c1)C(O)CC(O)CCC. The predicted molar refractivity (Wildman–Crippen MR) is 194 cm³/mol. The summed E-state index contributed by atoms with van der Waals surface area (Å²) in [6.07, 6.45) is 8.47. The third-order valence-corrected chi connectivity index (χ3v) is 9.75. The van der Waals surface area contributed by atoms with Gasteiger partial charge in [-0.1, -0.05) is 75.6 Å². The normalized spacial score (nSPS) is 17.8. The second kappa shape index (κ2) is 17.2. The number of aryl methyl sites for hydroxylation is 1. The number of ether oxygens (including phenoxy) is 1. The van der Waals surface area contributed by atoms with Crippen LogP contribution in [0.1, 0.15) is 118 Å². The Balaban J connectivity index is 1.35. The minimum absolute atomic E-state index is 0.0251. The van der Waals surface area contributed by atoms with Gasteiger partial charge in [-0.15, -0.1) is 0 Å². The van der Waals surface area contributed by atoms with Crippen molar-refractivity contribution in [3.05, 3.63) is 82.8 Å². The average Bonchev–Trinajstić information content (AvgIpc) is 3.67. The summed E-state index contributed by atoms with van der Waals surface area (Å²) in [4.78, 5) is 16.8. The largest absolute Gasteiger partial charge is 0.504 e. The number of phenolic OH excluding ortho intramolecular Hbond substituents is 1. The Bertz CT molecular complexity index is 1800. The van der Waals surface area contributed by atoms with Gasteiger partial charge in [0.15, 0.2) is 17.7 Å². The van der Waals surface area contributed by atoms with Crippen LogP contribution in [0.4, 0.5) is 0 Å². The lowest BCUT2D eigenvalue weighted by Gasteiger charge is -2.24. The maximum atomic E-state index is 13.4. The molecule has 0 spiro atoms. The van der Waals surface area contributed by atoms with E-state index in [-0.39, 0.29) is 36.5 Å². The molecule has 4 aromatic rings. The van der Waals surface area contributed by atoms with E-state index in [0.717, 1.165) is 58.8 Å². The first kappa shape index (κ1) is 37.2. The Labute approximate surface area is 294 Å². The molecule has 1 aliphatic heterocycles. The maximum absolute atomic E-state index is 13.4. The van der Waals surface area contributed by atoms with Gasteiger partial charge in [0.1, 0.15) is 11.9 Å². The molecule has 50 heavy (non-hydrogen) atoms. The zero-order valence-electron chi connectivity index (χ0n) is 29.1. The van der Waals surface area contributed by atoms with Crippen LogP contribution in [-0.2, 0) is 17.6 Å². The van der Waals surface area contributed by atoms with Gasteiger partial charge in [-0.3, -0.25) is 4.79 Å². The number of aromatic nitrogens is 2. The fourth-order valence-corrected chi connectivity index (χ4v) is 6.87. The van der Waals surface area contributed by atoms with E-state index < -0.39 is 36.6 Å². The summed E-state index contributed by atoms with van der Waals surface area (Å²) in [5.41, 5.74) is 17.0. The number of benzene rings is 2. The van der Waals surface area contributed by atoms with Crippen molar-refractivity contribution in [2.75, 3.05) is 0 Å². The van der Waals surface area contributed by atoms with Crippen molar-refractivity contribution in [1.82, 2.24) is 9.55 Å². The quantitative estimate of drug-likeness (QED) is 0.0439. The van der Waals surface area contributed by atoms with E-state index in [0.29, 0.717) is 31.2 Å². The number of nitrogens with zero attached hydrogens (tertiary/aromatic N) is 1. The first-order valence-electron chi connectivity index (χ1n) is 17.9. The third kappa shape index (κ3) is 9.16. The number of rotatable bonds is 16. The van der Waals surface area contributed by atoms with Crippen LogP contribution in [0.2, 0.25) is 0 Å². The topological polar surface area (TPSA) is 180 Å². The number of aliphatic hydroxyl groups excluding tert-OH is 3. The van der Waals surface area contributed by atoms with Gasteiger partial charge >= 0.3 is 0 Å². The Morgan fingerprint density at radius 1 is 1.06 bits per heavy atom. The molecule has 0 radical (unpaired) electrons. The molecule has 10 heteroatoms. The molecule has 3 heterocycles. The molecule has 0 saturated heterocycles. The lowest BCUT2D eigenvalue weighted by molar-refractivity contribution is -0.127. The number of aliphatic hydroxyl groups is 3. The molecule has 2 aromatic heterocycles. The van der Waals surface area contributed by atoms with E-state index in [1.807, 2.05) is 48.3 Å². The number of nitrogens with two attached hydrogens (primary N) is 2. The highest BCUT2D eigenvalue weighted by atomic mass is 16.5. The number of ketones is 1. The number of nitrogens with one attached hydrogen (secondary N) is 1. The van der Waals surface area contributed by atoms with Crippen LogP contribution in [-0.4, -0.2) is 48.0 Å². The van der Waals surface area contributed by atoms with Gasteiger partial charge in [-0.2, -0.15) is 0 Å². The number of fused-ring (bicyclic) bond motifs is 2. The summed E-state index contributed by atoms with van der Waals surface area (Å²) in [6, 6.07) is 10.6. The number of Topliss-reactive ketones (excluding diaryl/α,β-unsaturated/α-hetero) is 1. The Kier molecular flexibility index (Phi) is 12.8. The second-order valence-corrected chi connectivity index (χ2v) is 13.6. The molecule has 5 rings (SSSR count). The molecule has 9 N–H and O–H groups in total. The molecule has 0 amide bonds. The molecule has 5 unspecified atom stereocenters. The van der Waals surface area contributed by atoms with Crippen LogP contribution < -0.4 is 16.2 Å². The van der Waals surface area contributed by atoms with Crippen LogP contribution in [0.3, 0.4) is 0 Å². The highest BCUT2D eigenvalue weighted by Crippen LogP contribution is 2.34. The first-order chi connectivity index (χ1) is 24.1. The van der Waals surface area contributed by atoms with Crippen LogP contribution >= 0.6 is 0 Å². The summed E-state index contributed by atoms with van der Waals surface area (Å²) in [5.74, 6) is 5.71. The smallest absolute Gasteiger partial charge is 0.186 e. The van der Waals surface area contributed by atoms with Gasteiger partial charge < -0.3 is 46.2 Å². The van der Waals surface area contributed by atoms with Crippen LogP contribution in [0.15, 0.2) is 55.0 Å². The summed E-state index contributed by atoms with van der Waals surface area (Å²) >= 11 is 0. The molecule has 0 fully saturated rings. The van der Waals surface area contributed by atoms with Gasteiger partial charge in [0.2, 0.25) is 0 Å². The summed E-state index contributed by atoms with van der Waals surface area (Å²) < 4.78 is 8.32. The van der Waals surface area contributed by atoms with E-state index in [9.17, 15) is 25.2 Å². The van der Waals surface area contributed by atoms with E-state index in [2.05, 4.69) is 23.7 Å². The molecule has 10 nitrogen and oxygen atoms in total. The number of phenols is 1. The van der Waals surface area contributed by atoms with Gasteiger partial charge in [-0.05, 0) is 65.6 Å². The zero-order chi connectivity index (χ0) is 35.8. The van der Waals surface area contributed by atoms with E-state index in [1.165, 1.54) is 0 Å². The third-order valence-electron chi connectivity index (χ3n) is 9.75. The number of carbonyl (C=O) groups excluding carboxylic acids is 1. The standard InChI is InChI=1S/C40H52N4O6/c1-3-5-6-9-31(37(49)21-29(45)8-4-2)35(47)16-12-25-13-17-36(48)38(18-25)50-39-11-7-10-34(46)30-15-14-26(40(41)42)19-27(30)20-28-22-43-33-24-44(39)23-32(28)33/h13-15,17-19,22-24,29,31,34,37,39-40,43,45-46,48-49H,3-6,8-9,11-12,16,20-21,41-42H2,1-2H3. The molecule has 2 aromatic carbocycles. The van der Waals surface area contributed by atoms with Crippen molar-refractivity contribution < 1.29 is 30.0 Å². The van der Waals surface area contributed by atoms with Crippen molar-refractivity contribution in [3.8, 4) is 23.3 Å². The fourth-order valence-electron chi connectivity index (χ4n) is 6.87. The number of aromatic hydroxyl groups is 1. The molecule has 268 valence electrons. The predicted octanol–water partition coefficient (Wildman–Crippen LogP) is 5.81. The molecular weight excluding hydrogens is 632 g/mol. The maximum Gasteiger partial charge on any atom is 0.186 e. The number of unbranched alkanes of at least 4 members (excludes halogenated alkanes) is 2. The first-order valence-corrected chi connectivity index (χ1v) is 17.9. The lowest BCUT2D eigenvalue weighted by Crippen LogP contribution is -2.32. The monoisotopic (exact) mass is 684 g/mol. The van der Waals surface area contributed by atoms with Crippen LogP contribution in [0, 0.1) is 17.8 Å². The number of hydrogen-bond acceptors (Lipinski definition) is 8. The molecule has 1 aliphatic rings. The molecule has 0 saturated carbocycles. The number of aromatic amines is 1. The molecular formula is C40H52N4O6. The van der Waals surface area contributed by atoms with Gasteiger partial charge in [0.25, 0.3) is 0 Å². The van der Waals surface area contributed by atoms with Gasteiger partial charge in [0.05, 0.1) is 30.3 Å². The van der Waals surface area contributed by atoms with Crippen molar-refractivity contribution in [1.29, 1.82) is 0 Å². The minimum Gasteiger partial charge on any atom is -0.504 e. The van der Waals surface area contributed by atoms with Crippen molar-refractivity contribution >= 4 is 16.7 Å². The Morgan fingerprint density at radius 3 is 2.64 bits per heavy atom. The van der Waals surface area contributed by atoms with Crippen LogP contribution in [0.5, 0.6) is 11.5 Å². The van der Waals surface area contributed by atoms with Crippen LogP contribution in [0.25, 0.3) is 10.9 Å². The van der Waals surface area contributed by atoms with E-state index in [4.69, 9.17) is 16.2 Å². The Hall–Kier alpha value is -4.11. The molecule has 0 aliphatic carbocycles. The van der Waals surface area contributed by atoms with Crippen molar-refractivity contribution in [3.63, 3.8) is 0 Å². The number of carbonyl (C=O) groups is 1. The average molecular weight is 685 g/mol. The summed E-state index contributed by atoms with van der Waals surface area (Å²) in [5, 5.41) is 44.2. The second-order valence-electron chi connectivity index (χ2n) is 13.6. The minimum atomic E-state index is -1.04. The lowest BCUT2D eigenvalue weighted by atomic mass is 9.85. The number of H-pyrrole nitrogens is 1. The number of hydrogen-bond donors (Lipinski definition) is 7. The summed E-state index contributed by atoms with van der Waals surface area (Å²) in [6.45, 7) is 4.09. The molecule has 2 bridgehead atoms. The highest BCUT2D eigenvalue weighted by Gasteiger charge is 2.28. The van der Waals surface area contributed by atoms with E-state index >= 15 is 0 Å². The fraction of sp³-hybridized carbons (Fsp3) is 0.475. The van der Waals surface area contributed by atoms with Crippen molar-refractivity contribution in [2.24, 2.45) is 17.4 Å². The van der Waals surface area contributed by atoms with Gasteiger partial charge in [0, 0.05) is 42.7 Å². The summed E-state index contributed by atoms with van der Waals surface area (Å²) in [7, 11) is 0. The van der Waals surface area contributed by atoms with E-state index in [1.54, 1.807) is 18.2 Å². The zero-order valence-corrected chi connectivity index (χ0v) is 29.1. The van der Waals surface area contributed by atoms with Crippen molar-refractivity contribution in [2.45, 2.75) is 115 Å².